The van der Waals surface area contributed by atoms with E-state index >= 15 is 0 Å². The van der Waals surface area contributed by atoms with Crippen LogP contribution >= 0.6 is 0 Å². The Hall–Kier alpha value is -1.90. The van der Waals surface area contributed by atoms with Crippen LogP contribution in [0.5, 0.6) is 0 Å². The van der Waals surface area contributed by atoms with Crippen LogP contribution in [0.15, 0.2) is 27.6 Å². The summed E-state index contributed by atoms with van der Waals surface area (Å²) in [5, 5.41) is 24.5. The lowest BCUT2D eigenvalue weighted by Gasteiger charge is -2.66. The summed E-state index contributed by atoms with van der Waals surface area (Å²) in [6.45, 7) is 5.60. The Kier molecular flexibility index (Phi) is 5.87. The topological polar surface area (TPSA) is 126 Å². The lowest BCUT2D eigenvalue weighted by atomic mass is 9.42. The summed E-state index contributed by atoms with van der Waals surface area (Å²) in [6.07, 6.45) is 8.52. The number of rotatable bonds is 2. The summed E-state index contributed by atoms with van der Waals surface area (Å²) < 4.78 is 11.1. The second-order valence-electron chi connectivity index (χ2n) is 13.3. The summed E-state index contributed by atoms with van der Waals surface area (Å²) in [5.41, 5.74) is 4.24. The minimum Gasteiger partial charge on any atom is -0.446 e. The summed E-state index contributed by atoms with van der Waals surface area (Å²) in [7, 11) is 0. The zero-order chi connectivity index (χ0) is 26.2. The lowest BCUT2D eigenvalue weighted by molar-refractivity contribution is -0.253. The van der Waals surface area contributed by atoms with Gasteiger partial charge >= 0.3 is 11.7 Å². The second kappa shape index (κ2) is 8.55. The Morgan fingerprint density at radius 3 is 2.49 bits per heavy atom. The van der Waals surface area contributed by atoms with Crippen molar-refractivity contribution in [2.75, 3.05) is 13.1 Å². The Labute approximate surface area is 218 Å². The normalized spacial score (nSPS) is 47.2. The number of hydrogen-bond donors (Lipinski definition) is 3. The molecular formula is C29H42N2O6. The van der Waals surface area contributed by atoms with Crippen molar-refractivity contribution in [2.45, 2.75) is 107 Å². The highest BCUT2D eigenvalue weighted by atomic mass is 16.6. The van der Waals surface area contributed by atoms with E-state index in [0.29, 0.717) is 25.9 Å². The monoisotopic (exact) mass is 514 g/mol. The van der Waals surface area contributed by atoms with E-state index in [-0.39, 0.29) is 52.4 Å². The maximum atomic E-state index is 12.7. The molecule has 4 saturated carbocycles. The predicted molar refractivity (Wildman–Crippen MR) is 137 cm³/mol. The van der Waals surface area contributed by atoms with E-state index in [1.165, 1.54) is 6.07 Å². The van der Waals surface area contributed by atoms with Crippen molar-refractivity contribution < 1.29 is 24.2 Å². The highest BCUT2D eigenvalue weighted by Gasteiger charge is 2.70. The van der Waals surface area contributed by atoms with Gasteiger partial charge in [0.15, 0.2) is 0 Å². The van der Waals surface area contributed by atoms with Gasteiger partial charge < -0.3 is 30.0 Å². The summed E-state index contributed by atoms with van der Waals surface area (Å²) in [6, 6.07) is 3.35. The van der Waals surface area contributed by atoms with Crippen LogP contribution < -0.4 is 11.4 Å². The minimum absolute atomic E-state index is 0.0140. The fraction of sp³-hybridized carbons (Fsp3) is 0.793. The molecule has 0 bridgehead atoms. The third kappa shape index (κ3) is 3.65. The van der Waals surface area contributed by atoms with Crippen LogP contribution in [0.2, 0.25) is 0 Å². The number of fused-ring (bicyclic) bond motifs is 5. The Balaban J connectivity index is 1.20. The van der Waals surface area contributed by atoms with E-state index in [4.69, 9.17) is 14.9 Å². The molecule has 6 rings (SSSR count). The Morgan fingerprint density at radius 2 is 1.78 bits per heavy atom. The number of aliphatic hydroxyl groups is 2. The number of amides is 1. The first kappa shape index (κ1) is 25.4. The molecule has 0 spiro atoms. The van der Waals surface area contributed by atoms with Gasteiger partial charge in [-0.05, 0) is 92.6 Å². The van der Waals surface area contributed by atoms with Gasteiger partial charge in [0, 0.05) is 37.0 Å². The van der Waals surface area contributed by atoms with Crippen LogP contribution in [0, 0.1) is 22.7 Å². The van der Waals surface area contributed by atoms with Crippen LogP contribution in [0.4, 0.5) is 4.79 Å². The number of nitrogens with zero attached hydrogens (tertiary/aromatic N) is 1. The molecule has 4 N–H and O–H groups in total. The largest absolute Gasteiger partial charge is 0.446 e. The SMILES string of the molecule is C[C@]12CC[C@H](OC(=O)N3CCC(N)C3)C[C@@]1(O)CC[C@@H]1[C@@H]2CC[C@]2(C)[C@@H](c3ccc(=O)oc3)CC[C@]12O. The van der Waals surface area contributed by atoms with Crippen molar-refractivity contribution in [3.05, 3.63) is 34.4 Å². The molecule has 1 amide bonds. The van der Waals surface area contributed by atoms with E-state index in [9.17, 15) is 19.8 Å². The van der Waals surface area contributed by atoms with Crippen molar-refractivity contribution in [1.29, 1.82) is 0 Å². The maximum absolute atomic E-state index is 12.7. The van der Waals surface area contributed by atoms with Crippen molar-refractivity contribution in [1.82, 2.24) is 4.90 Å². The van der Waals surface area contributed by atoms with E-state index in [1.807, 2.05) is 6.07 Å². The molecule has 4 aliphatic carbocycles. The van der Waals surface area contributed by atoms with Crippen LogP contribution in [0.3, 0.4) is 0 Å². The number of likely N-dealkylation sites (tertiary alicyclic amines) is 1. The van der Waals surface area contributed by atoms with E-state index in [1.54, 1.807) is 11.2 Å². The minimum atomic E-state index is -0.913. The molecule has 8 nitrogen and oxygen atoms in total. The number of ether oxygens (including phenoxy) is 1. The fourth-order valence-corrected chi connectivity index (χ4v) is 9.55. The number of nitrogens with two attached hydrogens (primary N) is 1. The predicted octanol–water partition coefficient (Wildman–Crippen LogP) is 3.53. The molecule has 1 aliphatic heterocycles. The third-order valence-corrected chi connectivity index (χ3v) is 11.8. The van der Waals surface area contributed by atoms with Crippen molar-refractivity contribution >= 4 is 6.09 Å². The van der Waals surface area contributed by atoms with Crippen LogP contribution in [-0.4, -0.2) is 57.6 Å². The molecule has 204 valence electrons. The van der Waals surface area contributed by atoms with Crippen LogP contribution in [0.1, 0.15) is 89.5 Å². The number of hydrogen-bond acceptors (Lipinski definition) is 7. The molecule has 5 fully saturated rings. The molecule has 1 saturated heterocycles. The van der Waals surface area contributed by atoms with Gasteiger partial charge in [0.05, 0.1) is 17.5 Å². The second-order valence-corrected chi connectivity index (χ2v) is 13.3. The van der Waals surface area contributed by atoms with Gasteiger partial charge in [0.2, 0.25) is 0 Å². The van der Waals surface area contributed by atoms with Crippen molar-refractivity contribution in [3.8, 4) is 0 Å². The van der Waals surface area contributed by atoms with Gasteiger partial charge in [-0.2, -0.15) is 0 Å². The summed E-state index contributed by atoms with van der Waals surface area (Å²) in [4.78, 5) is 25.9. The van der Waals surface area contributed by atoms with Crippen molar-refractivity contribution in [2.24, 2.45) is 28.4 Å². The molecule has 8 heteroatoms. The molecule has 1 aromatic heterocycles. The molecule has 9 atom stereocenters. The Bertz CT molecular complexity index is 1100. The Morgan fingerprint density at radius 1 is 1.03 bits per heavy atom. The van der Waals surface area contributed by atoms with Gasteiger partial charge in [-0.1, -0.05) is 13.8 Å². The lowest BCUT2D eigenvalue weighted by Crippen LogP contribution is -2.67. The average Bonchev–Trinajstić information content (AvgIpc) is 3.41. The molecule has 37 heavy (non-hydrogen) atoms. The molecule has 2 heterocycles. The highest BCUT2D eigenvalue weighted by Crippen LogP contribution is 2.71. The molecule has 5 aliphatic rings. The zero-order valence-corrected chi connectivity index (χ0v) is 22.2. The maximum Gasteiger partial charge on any atom is 0.410 e. The molecule has 0 aromatic carbocycles. The summed E-state index contributed by atoms with van der Waals surface area (Å²) in [5.74, 6) is 0.470. The first-order valence-electron chi connectivity index (χ1n) is 14.2. The van der Waals surface area contributed by atoms with E-state index in [0.717, 1.165) is 56.9 Å². The molecule has 0 radical (unpaired) electrons. The zero-order valence-electron chi connectivity index (χ0n) is 22.2. The smallest absolute Gasteiger partial charge is 0.410 e. The number of carbonyl (C=O) groups is 1. The van der Waals surface area contributed by atoms with Gasteiger partial charge in [0.25, 0.3) is 0 Å². The first-order chi connectivity index (χ1) is 17.5. The molecule has 1 unspecified atom stereocenters. The molecular weight excluding hydrogens is 472 g/mol. The van der Waals surface area contributed by atoms with Crippen LogP contribution in [0.25, 0.3) is 0 Å². The summed E-state index contributed by atoms with van der Waals surface area (Å²) >= 11 is 0. The van der Waals surface area contributed by atoms with Crippen LogP contribution in [-0.2, 0) is 4.74 Å². The fourth-order valence-electron chi connectivity index (χ4n) is 9.55. The third-order valence-electron chi connectivity index (χ3n) is 11.8. The van der Waals surface area contributed by atoms with Gasteiger partial charge in [-0.25, -0.2) is 9.59 Å². The van der Waals surface area contributed by atoms with Gasteiger partial charge in [0.1, 0.15) is 6.10 Å². The van der Waals surface area contributed by atoms with Crippen molar-refractivity contribution in [3.63, 3.8) is 0 Å². The standard InChI is InChI=1S/C29H42N2O6/c1-26-10-5-20(37-25(33)31-14-9-19(30)16-31)15-28(26,34)12-7-23-22(26)6-11-27(2)21(8-13-29(23,27)35)18-3-4-24(32)36-17-18/h3-4,17,19-23,34-35H,5-16,30H2,1-2H3/t19?,20-,21+,22-,23+,26+,27+,28-,29-/m0/s1. The average molecular weight is 515 g/mol. The van der Waals surface area contributed by atoms with E-state index in [2.05, 4.69) is 13.8 Å². The quantitative estimate of drug-likeness (QED) is 0.551. The first-order valence-corrected chi connectivity index (χ1v) is 14.2. The van der Waals surface area contributed by atoms with E-state index < -0.39 is 11.2 Å². The van der Waals surface area contributed by atoms with Gasteiger partial charge in [-0.3, -0.25) is 0 Å². The number of carbonyl (C=O) groups excluding carboxylic acids is 1. The van der Waals surface area contributed by atoms with Gasteiger partial charge in [-0.15, -0.1) is 0 Å². The molecule has 1 aromatic rings. The highest BCUT2D eigenvalue weighted by molar-refractivity contribution is 5.68.